The van der Waals surface area contributed by atoms with Gasteiger partial charge >= 0.3 is 0 Å². The van der Waals surface area contributed by atoms with Crippen molar-refractivity contribution in [1.29, 1.82) is 0 Å². The minimum absolute atomic E-state index is 0.0252. The zero-order valence-electron chi connectivity index (χ0n) is 10.2. The summed E-state index contributed by atoms with van der Waals surface area (Å²) in [6.07, 6.45) is -0.428. The average Bonchev–Trinajstić information content (AvgIpc) is 2.30. The summed E-state index contributed by atoms with van der Waals surface area (Å²) < 4.78 is 0. The fourth-order valence-corrected chi connectivity index (χ4v) is 2.22. The fraction of sp³-hybridized carbons (Fsp3) is 0.417. The van der Waals surface area contributed by atoms with Gasteiger partial charge in [-0.25, -0.2) is 0 Å². The molecular weight excluding hydrogens is 236 g/mol. The predicted octanol–water partition coefficient (Wildman–Crippen LogP) is 1.49. The van der Waals surface area contributed by atoms with E-state index >= 15 is 0 Å². The van der Waals surface area contributed by atoms with Crippen LogP contribution >= 0.6 is 11.8 Å². The van der Waals surface area contributed by atoms with E-state index in [-0.39, 0.29) is 11.2 Å². The van der Waals surface area contributed by atoms with Crippen LogP contribution in [0.5, 0.6) is 0 Å². The van der Waals surface area contributed by atoms with E-state index in [0.717, 1.165) is 4.90 Å². The molecule has 0 aliphatic rings. The SMILES string of the molecule is CNC(=O)c1ccc(N)c(SC(C)C(C)O)c1. The van der Waals surface area contributed by atoms with E-state index in [1.54, 1.807) is 32.2 Å². The number of aliphatic hydroxyl groups is 1. The number of hydrogen-bond acceptors (Lipinski definition) is 4. The van der Waals surface area contributed by atoms with Crippen molar-refractivity contribution in [2.45, 2.75) is 30.1 Å². The van der Waals surface area contributed by atoms with Gasteiger partial charge in [0, 0.05) is 28.4 Å². The van der Waals surface area contributed by atoms with Gasteiger partial charge in [0.2, 0.25) is 0 Å². The van der Waals surface area contributed by atoms with Crippen molar-refractivity contribution in [1.82, 2.24) is 5.32 Å². The minimum atomic E-state index is -0.428. The van der Waals surface area contributed by atoms with Crippen LogP contribution in [-0.2, 0) is 0 Å². The number of carbonyl (C=O) groups excluding carboxylic acids is 1. The molecule has 0 aliphatic heterocycles. The normalized spacial score (nSPS) is 14.1. The van der Waals surface area contributed by atoms with Gasteiger partial charge in [-0.05, 0) is 25.1 Å². The Morgan fingerprint density at radius 2 is 2.12 bits per heavy atom. The number of nitrogens with one attached hydrogen (secondary N) is 1. The summed E-state index contributed by atoms with van der Waals surface area (Å²) >= 11 is 1.47. The Hall–Kier alpha value is -1.20. The molecule has 0 aromatic heterocycles. The first-order valence-electron chi connectivity index (χ1n) is 5.42. The number of hydrogen-bond donors (Lipinski definition) is 3. The third-order valence-electron chi connectivity index (χ3n) is 2.50. The van der Waals surface area contributed by atoms with Crippen LogP contribution in [0.3, 0.4) is 0 Å². The Labute approximate surface area is 106 Å². The van der Waals surface area contributed by atoms with Gasteiger partial charge in [-0.3, -0.25) is 4.79 Å². The molecule has 0 radical (unpaired) electrons. The highest BCUT2D eigenvalue weighted by molar-refractivity contribution is 8.00. The smallest absolute Gasteiger partial charge is 0.251 e. The van der Waals surface area contributed by atoms with Crippen LogP contribution in [0.25, 0.3) is 0 Å². The van der Waals surface area contributed by atoms with Gasteiger partial charge in [-0.15, -0.1) is 11.8 Å². The largest absolute Gasteiger partial charge is 0.398 e. The standard InChI is InChI=1S/C12H18N2O2S/c1-7(15)8(2)17-11-6-9(12(16)14-3)4-5-10(11)13/h4-8,15H,13H2,1-3H3,(H,14,16). The second kappa shape index (κ2) is 5.93. The number of amides is 1. The molecule has 0 aliphatic carbocycles. The molecule has 5 heteroatoms. The van der Waals surface area contributed by atoms with Crippen molar-refractivity contribution in [3.8, 4) is 0 Å². The quantitative estimate of drug-likeness (QED) is 0.562. The third-order valence-corrected chi connectivity index (χ3v) is 3.87. The van der Waals surface area contributed by atoms with E-state index in [1.165, 1.54) is 11.8 Å². The van der Waals surface area contributed by atoms with E-state index in [2.05, 4.69) is 5.32 Å². The first-order valence-corrected chi connectivity index (χ1v) is 6.30. The number of carbonyl (C=O) groups is 1. The van der Waals surface area contributed by atoms with Gasteiger partial charge in [0.25, 0.3) is 5.91 Å². The van der Waals surface area contributed by atoms with Crippen molar-refractivity contribution in [2.24, 2.45) is 0 Å². The molecule has 0 heterocycles. The van der Waals surface area contributed by atoms with E-state index < -0.39 is 6.10 Å². The topological polar surface area (TPSA) is 75.4 Å². The number of nitrogens with two attached hydrogens (primary N) is 1. The average molecular weight is 254 g/mol. The van der Waals surface area contributed by atoms with Crippen molar-refractivity contribution in [2.75, 3.05) is 12.8 Å². The lowest BCUT2D eigenvalue weighted by Gasteiger charge is -2.15. The molecular formula is C12H18N2O2S. The Bertz CT molecular complexity index is 407. The summed E-state index contributed by atoms with van der Waals surface area (Å²) in [6.45, 7) is 3.65. The molecule has 1 rings (SSSR count). The summed E-state index contributed by atoms with van der Waals surface area (Å²) in [7, 11) is 1.59. The monoisotopic (exact) mass is 254 g/mol. The molecule has 1 aromatic rings. The maximum Gasteiger partial charge on any atom is 0.251 e. The Morgan fingerprint density at radius 1 is 1.47 bits per heavy atom. The first-order chi connectivity index (χ1) is 7.95. The summed E-state index contributed by atoms with van der Waals surface area (Å²) in [5.41, 5.74) is 7.04. The van der Waals surface area contributed by atoms with Crippen LogP contribution < -0.4 is 11.1 Å². The molecule has 94 valence electrons. The van der Waals surface area contributed by atoms with E-state index in [9.17, 15) is 9.90 Å². The second-order valence-electron chi connectivity index (χ2n) is 3.90. The van der Waals surface area contributed by atoms with Crippen LogP contribution in [0.2, 0.25) is 0 Å². The first kappa shape index (κ1) is 13.9. The summed E-state index contributed by atoms with van der Waals surface area (Å²) in [6, 6.07) is 5.14. The van der Waals surface area contributed by atoms with Crippen molar-refractivity contribution in [3.05, 3.63) is 23.8 Å². The lowest BCUT2D eigenvalue weighted by atomic mass is 10.2. The van der Waals surface area contributed by atoms with Crippen LogP contribution in [0.15, 0.2) is 23.1 Å². The summed E-state index contributed by atoms with van der Waals surface area (Å²) in [4.78, 5) is 12.3. The Morgan fingerprint density at radius 3 is 2.65 bits per heavy atom. The van der Waals surface area contributed by atoms with Crippen LogP contribution in [0.1, 0.15) is 24.2 Å². The van der Waals surface area contributed by atoms with E-state index in [1.807, 2.05) is 6.92 Å². The molecule has 0 spiro atoms. The molecule has 2 atom stereocenters. The number of anilines is 1. The minimum Gasteiger partial charge on any atom is -0.398 e. The van der Waals surface area contributed by atoms with E-state index in [0.29, 0.717) is 11.3 Å². The highest BCUT2D eigenvalue weighted by atomic mass is 32.2. The molecule has 4 N–H and O–H groups in total. The lowest BCUT2D eigenvalue weighted by Crippen LogP contribution is -2.18. The van der Waals surface area contributed by atoms with Gasteiger partial charge in [-0.2, -0.15) is 0 Å². The zero-order chi connectivity index (χ0) is 13.0. The van der Waals surface area contributed by atoms with Crippen molar-refractivity contribution < 1.29 is 9.90 Å². The number of nitrogen functional groups attached to an aromatic ring is 1. The highest BCUT2D eigenvalue weighted by Gasteiger charge is 2.14. The molecule has 0 saturated heterocycles. The van der Waals surface area contributed by atoms with Gasteiger partial charge in [0.1, 0.15) is 0 Å². The van der Waals surface area contributed by atoms with Crippen LogP contribution in [0, 0.1) is 0 Å². The summed E-state index contributed by atoms with van der Waals surface area (Å²) in [5, 5.41) is 12.0. The molecule has 2 unspecified atom stereocenters. The molecule has 17 heavy (non-hydrogen) atoms. The van der Waals surface area contributed by atoms with Crippen molar-refractivity contribution in [3.63, 3.8) is 0 Å². The fourth-order valence-electron chi connectivity index (χ4n) is 1.22. The molecule has 1 aromatic carbocycles. The lowest BCUT2D eigenvalue weighted by molar-refractivity contribution is 0.0963. The molecule has 0 saturated carbocycles. The number of aliphatic hydroxyl groups excluding tert-OH is 1. The van der Waals surface area contributed by atoms with Gasteiger partial charge in [0.05, 0.1) is 6.10 Å². The van der Waals surface area contributed by atoms with Crippen LogP contribution in [-0.4, -0.2) is 29.4 Å². The zero-order valence-corrected chi connectivity index (χ0v) is 11.0. The van der Waals surface area contributed by atoms with Crippen molar-refractivity contribution >= 4 is 23.4 Å². The molecule has 4 nitrogen and oxygen atoms in total. The van der Waals surface area contributed by atoms with E-state index in [4.69, 9.17) is 5.73 Å². The van der Waals surface area contributed by atoms with Gasteiger partial charge < -0.3 is 16.2 Å². The Balaban J connectivity index is 2.94. The Kier molecular flexibility index (Phi) is 4.84. The number of thioether (sulfide) groups is 1. The molecule has 0 bridgehead atoms. The van der Waals surface area contributed by atoms with Gasteiger partial charge in [-0.1, -0.05) is 6.92 Å². The number of rotatable bonds is 4. The third kappa shape index (κ3) is 3.64. The summed E-state index contributed by atoms with van der Waals surface area (Å²) in [5.74, 6) is -0.142. The maximum absolute atomic E-state index is 11.5. The second-order valence-corrected chi connectivity index (χ2v) is 5.31. The molecule has 1 amide bonds. The van der Waals surface area contributed by atoms with Crippen LogP contribution in [0.4, 0.5) is 5.69 Å². The maximum atomic E-state index is 11.5. The molecule has 0 fully saturated rings. The predicted molar refractivity (Wildman–Crippen MR) is 71.2 cm³/mol. The van der Waals surface area contributed by atoms with Gasteiger partial charge in [0.15, 0.2) is 0 Å². The highest BCUT2D eigenvalue weighted by Crippen LogP contribution is 2.31. The number of benzene rings is 1.